The van der Waals surface area contributed by atoms with Gasteiger partial charge in [-0.2, -0.15) is 0 Å². The standard InChI is InChI=1S/C8H10O2.C6H12O3/c9-6-8(10)7-4-2-1-3-5-7;7-4-2-1-3-5(8)6(4)9/h1-5,8-10H,6H2;4-9H,1-3H2. The Morgan fingerprint density at radius 3 is 1.95 bits per heavy atom. The van der Waals surface area contributed by atoms with Crippen LogP contribution in [0.5, 0.6) is 0 Å². The minimum absolute atomic E-state index is 0.218. The van der Waals surface area contributed by atoms with Crippen LogP contribution in [0.4, 0.5) is 0 Å². The van der Waals surface area contributed by atoms with E-state index in [1.807, 2.05) is 18.2 Å². The molecule has 5 N–H and O–H groups in total. The first-order valence-electron chi connectivity index (χ1n) is 6.44. The molecule has 0 aromatic heterocycles. The van der Waals surface area contributed by atoms with Crippen molar-refractivity contribution in [3.05, 3.63) is 35.9 Å². The van der Waals surface area contributed by atoms with Gasteiger partial charge in [0.2, 0.25) is 0 Å². The van der Waals surface area contributed by atoms with Crippen LogP contribution in [0.1, 0.15) is 30.9 Å². The topological polar surface area (TPSA) is 101 Å². The fourth-order valence-electron chi connectivity index (χ4n) is 1.91. The zero-order chi connectivity index (χ0) is 14.3. The van der Waals surface area contributed by atoms with Gasteiger partial charge in [-0.25, -0.2) is 0 Å². The van der Waals surface area contributed by atoms with Crippen molar-refractivity contribution in [2.75, 3.05) is 6.61 Å². The summed E-state index contributed by atoms with van der Waals surface area (Å²) in [5.41, 5.74) is 0.755. The van der Waals surface area contributed by atoms with E-state index in [-0.39, 0.29) is 6.61 Å². The average Bonchev–Trinajstić information content (AvgIpc) is 2.45. The number of aliphatic hydroxyl groups excluding tert-OH is 5. The van der Waals surface area contributed by atoms with E-state index >= 15 is 0 Å². The van der Waals surface area contributed by atoms with Crippen LogP contribution in [0.2, 0.25) is 0 Å². The first-order valence-corrected chi connectivity index (χ1v) is 6.44. The van der Waals surface area contributed by atoms with Gasteiger partial charge in [-0.05, 0) is 24.8 Å². The molecule has 0 aliphatic heterocycles. The lowest BCUT2D eigenvalue weighted by atomic mass is 9.92. The Bertz CT molecular complexity index is 333. The summed E-state index contributed by atoms with van der Waals surface area (Å²) in [4.78, 5) is 0. The van der Waals surface area contributed by atoms with Crippen molar-refractivity contribution in [1.29, 1.82) is 0 Å². The van der Waals surface area contributed by atoms with Crippen molar-refractivity contribution in [3.63, 3.8) is 0 Å². The van der Waals surface area contributed by atoms with Crippen molar-refractivity contribution in [2.45, 2.75) is 43.7 Å². The molecule has 19 heavy (non-hydrogen) atoms. The van der Waals surface area contributed by atoms with Crippen molar-refractivity contribution < 1.29 is 25.5 Å². The third kappa shape index (κ3) is 5.26. The molecule has 3 atom stereocenters. The van der Waals surface area contributed by atoms with Gasteiger partial charge >= 0.3 is 0 Å². The van der Waals surface area contributed by atoms with E-state index in [2.05, 4.69) is 0 Å². The normalized spacial score (nSPS) is 28.2. The monoisotopic (exact) mass is 270 g/mol. The fraction of sp³-hybridized carbons (Fsp3) is 0.571. The predicted molar refractivity (Wildman–Crippen MR) is 70.4 cm³/mol. The van der Waals surface area contributed by atoms with Gasteiger partial charge < -0.3 is 25.5 Å². The second-order valence-electron chi connectivity index (χ2n) is 4.67. The van der Waals surface area contributed by atoms with Crippen molar-refractivity contribution in [1.82, 2.24) is 0 Å². The average molecular weight is 270 g/mol. The third-order valence-electron chi connectivity index (χ3n) is 3.15. The van der Waals surface area contributed by atoms with Crippen molar-refractivity contribution >= 4 is 0 Å². The summed E-state index contributed by atoms with van der Waals surface area (Å²) in [6.45, 7) is -0.218. The molecule has 2 rings (SSSR count). The molecule has 0 radical (unpaired) electrons. The summed E-state index contributed by atoms with van der Waals surface area (Å²) >= 11 is 0. The molecule has 0 heterocycles. The second kappa shape index (κ2) is 8.24. The SMILES string of the molecule is OC1CCCC(O)C1O.OCC(O)c1ccccc1. The minimum Gasteiger partial charge on any atom is -0.393 e. The molecular formula is C14H22O5. The lowest BCUT2D eigenvalue weighted by Crippen LogP contribution is -2.40. The van der Waals surface area contributed by atoms with Gasteiger partial charge in [0.1, 0.15) is 12.2 Å². The van der Waals surface area contributed by atoms with E-state index in [1.165, 1.54) is 0 Å². The molecule has 5 heteroatoms. The van der Waals surface area contributed by atoms with Gasteiger partial charge in [0.05, 0.1) is 18.8 Å². The Balaban J connectivity index is 0.000000191. The van der Waals surface area contributed by atoms with E-state index < -0.39 is 24.4 Å². The first kappa shape index (κ1) is 16.1. The van der Waals surface area contributed by atoms with Crippen molar-refractivity contribution in [2.24, 2.45) is 0 Å². The van der Waals surface area contributed by atoms with Crippen LogP contribution in [-0.4, -0.2) is 50.5 Å². The first-order chi connectivity index (χ1) is 9.06. The summed E-state index contributed by atoms with van der Waals surface area (Å²) < 4.78 is 0. The lowest BCUT2D eigenvalue weighted by molar-refractivity contribution is -0.0843. The summed E-state index contributed by atoms with van der Waals surface area (Å²) in [7, 11) is 0. The number of hydrogen-bond acceptors (Lipinski definition) is 5. The zero-order valence-electron chi connectivity index (χ0n) is 10.8. The highest BCUT2D eigenvalue weighted by Gasteiger charge is 2.28. The maximum absolute atomic E-state index is 9.08. The summed E-state index contributed by atoms with van der Waals surface area (Å²) in [6.07, 6.45) is -1.06. The molecule has 1 aliphatic rings. The van der Waals surface area contributed by atoms with Gasteiger partial charge in [-0.3, -0.25) is 0 Å². The predicted octanol–water partition coefficient (Wildman–Crippen LogP) is -0.0347. The van der Waals surface area contributed by atoms with Crippen molar-refractivity contribution in [3.8, 4) is 0 Å². The Morgan fingerprint density at radius 1 is 1.00 bits per heavy atom. The minimum atomic E-state index is -0.918. The molecule has 0 amide bonds. The molecule has 1 aliphatic carbocycles. The molecule has 1 aromatic rings. The molecule has 3 unspecified atom stereocenters. The number of hydrogen-bond donors (Lipinski definition) is 5. The van der Waals surface area contributed by atoms with Crippen LogP contribution in [-0.2, 0) is 0 Å². The van der Waals surface area contributed by atoms with Crippen LogP contribution >= 0.6 is 0 Å². The zero-order valence-corrected chi connectivity index (χ0v) is 10.8. The number of rotatable bonds is 2. The van der Waals surface area contributed by atoms with Gasteiger partial charge in [0.15, 0.2) is 0 Å². The Kier molecular flexibility index (Phi) is 6.97. The van der Waals surface area contributed by atoms with Crippen LogP contribution < -0.4 is 0 Å². The molecular weight excluding hydrogens is 248 g/mol. The molecule has 108 valence electrons. The van der Waals surface area contributed by atoms with E-state index in [0.29, 0.717) is 12.8 Å². The smallest absolute Gasteiger partial charge is 0.106 e. The van der Waals surface area contributed by atoms with E-state index in [1.54, 1.807) is 12.1 Å². The van der Waals surface area contributed by atoms with E-state index in [4.69, 9.17) is 25.5 Å². The van der Waals surface area contributed by atoms with E-state index in [0.717, 1.165) is 12.0 Å². The maximum atomic E-state index is 9.08. The second-order valence-corrected chi connectivity index (χ2v) is 4.67. The third-order valence-corrected chi connectivity index (χ3v) is 3.15. The van der Waals surface area contributed by atoms with Crippen LogP contribution in [0, 0.1) is 0 Å². The highest BCUT2D eigenvalue weighted by atomic mass is 16.4. The van der Waals surface area contributed by atoms with Gasteiger partial charge in [-0.1, -0.05) is 30.3 Å². The highest BCUT2D eigenvalue weighted by Crippen LogP contribution is 2.18. The molecule has 0 spiro atoms. The van der Waals surface area contributed by atoms with Crippen LogP contribution in [0.15, 0.2) is 30.3 Å². The maximum Gasteiger partial charge on any atom is 0.106 e. The molecule has 1 saturated carbocycles. The van der Waals surface area contributed by atoms with Gasteiger partial charge in [0, 0.05) is 0 Å². The molecule has 5 nitrogen and oxygen atoms in total. The lowest BCUT2D eigenvalue weighted by Gasteiger charge is -2.27. The Morgan fingerprint density at radius 2 is 1.53 bits per heavy atom. The van der Waals surface area contributed by atoms with Gasteiger partial charge in [0.25, 0.3) is 0 Å². The Labute approximate surface area is 112 Å². The fourth-order valence-corrected chi connectivity index (χ4v) is 1.91. The molecule has 0 bridgehead atoms. The molecule has 0 saturated heterocycles. The molecule has 1 aromatic carbocycles. The number of benzene rings is 1. The summed E-state index contributed by atoms with van der Waals surface area (Å²) in [6, 6.07) is 9.08. The van der Waals surface area contributed by atoms with E-state index in [9.17, 15) is 0 Å². The summed E-state index contributed by atoms with van der Waals surface area (Å²) in [5, 5.41) is 44.4. The van der Waals surface area contributed by atoms with Crippen LogP contribution in [0.3, 0.4) is 0 Å². The number of aliphatic hydroxyl groups is 5. The summed E-state index contributed by atoms with van der Waals surface area (Å²) in [5.74, 6) is 0. The largest absolute Gasteiger partial charge is 0.393 e. The molecule has 1 fully saturated rings. The Hall–Kier alpha value is -0.980. The quantitative estimate of drug-likeness (QED) is 0.519. The van der Waals surface area contributed by atoms with Gasteiger partial charge in [-0.15, -0.1) is 0 Å². The van der Waals surface area contributed by atoms with Crippen LogP contribution in [0.25, 0.3) is 0 Å². The highest BCUT2D eigenvalue weighted by molar-refractivity contribution is 5.16.